The average molecular weight is 358 g/mol. The lowest BCUT2D eigenvalue weighted by Crippen LogP contribution is -2.36. The van der Waals surface area contributed by atoms with Crippen molar-refractivity contribution < 1.29 is 9.53 Å². The van der Waals surface area contributed by atoms with Gasteiger partial charge in [-0.3, -0.25) is 4.79 Å². The molecule has 4 heteroatoms. The van der Waals surface area contributed by atoms with Crippen molar-refractivity contribution in [2.24, 2.45) is 0 Å². The van der Waals surface area contributed by atoms with E-state index in [-0.39, 0.29) is 11.3 Å². The second kappa shape index (κ2) is 8.39. The van der Waals surface area contributed by atoms with Crippen LogP contribution < -0.4 is 10.1 Å². The molecule has 1 aliphatic rings. The van der Waals surface area contributed by atoms with Crippen molar-refractivity contribution in [2.45, 2.75) is 43.5 Å². The number of hydrogen-bond donors (Lipinski definition) is 1. The fourth-order valence-corrected chi connectivity index (χ4v) is 3.58. The molecule has 132 valence electrons. The van der Waals surface area contributed by atoms with E-state index in [1.807, 2.05) is 48.5 Å². The predicted molar refractivity (Wildman–Crippen MR) is 101 cm³/mol. The summed E-state index contributed by atoms with van der Waals surface area (Å²) < 4.78 is 5.17. The van der Waals surface area contributed by atoms with Crippen LogP contribution in [-0.2, 0) is 0 Å². The van der Waals surface area contributed by atoms with E-state index >= 15 is 0 Å². The number of methoxy groups -OCH3 is 1. The van der Waals surface area contributed by atoms with Gasteiger partial charge < -0.3 is 10.1 Å². The van der Waals surface area contributed by atoms with Crippen LogP contribution in [0.15, 0.2) is 48.5 Å². The van der Waals surface area contributed by atoms with Crippen LogP contribution in [0.4, 0.5) is 0 Å². The molecule has 25 heavy (non-hydrogen) atoms. The van der Waals surface area contributed by atoms with E-state index in [1.54, 1.807) is 7.11 Å². The molecule has 1 fully saturated rings. The number of carbonyl (C=O) groups excluding carboxylic acids is 1. The Hall–Kier alpha value is -2.00. The van der Waals surface area contributed by atoms with Crippen molar-refractivity contribution in [3.05, 3.63) is 65.2 Å². The Kier molecular flexibility index (Phi) is 5.98. The number of benzene rings is 2. The van der Waals surface area contributed by atoms with Gasteiger partial charge in [0.15, 0.2) is 0 Å². The smallest absolute Gasteiger partial charge is 0.251 e. The summed E-state index contributed by atoms with van der Waals surface area (Å²) in [5.74, 6) is 0.816. The van der Waals surface area contributed by atoms with E-state index in [4.69, 9.17) is 16.3 Å². The lowest BCUT2D eigenvalue weighted by atomic mass is 9.95. The van der Waals surface area contributed by atoms with Crippen molar-refractivity contribution in [2.75, 3.05) is 7.11 Å². The number of hydrogen-bond acceptors (Lipinski definition) is 2. The molecule has 3 rings (SSSR count). The zero-order valence-electron chi connectivity index (χ0n) is 14.5. The molecule has 0 bridgehead atoms. The quantitative estimate of drug-likeness (QED) is 0.757. The lowest BCUT2D eigenvalue weighted by molar-refractivity contribution is 0.0927. The second-order valence-corrected chi connectivity index (χ2v) is 7.00. The molecule has 1 N–H and O–H groups in total. The first kappa shape index (κ1) is 17.8. The Bertz CT molecular complexity index is 691. The van der Waals surface area contributed by atoms with Gasteiger partial charge in [0.25, 0.3) is 5.91 Å². The van der Waals surface area contributed by atoms with Crippen LogP contribution >= 0.6 is 11.6 Å². The Balaban J connectivity index is 1.65. The zero-order chi connectivity index (χ0) is 17.6. The average Bonchev–Trinajstić information content (AvgIpc) is 2.68. The van der Waals surface area contributed by atoms with E-state index in [2.05, 4.69) is 5.32 Å². The normalized spacial score (nSPS) is 16.2. The first-order valence-electron chi connectivity index (χ1n) is 8.86. The summed E-state index contributed by atoms with van der Waals surface area (Å²) >= 11 is 6.57. The minimum Gasteiger partial charge on any atom is -0.497 e. The van der Waals surface area contributed by atoms with Crippen molar-refractivity contribution in [3.8, 4) is 5.75 Å². The summed E-state index contributed by atoms with van der Waals surface area (Å²) in [4.78, 5) is 12.4. The van der Waals surface area contributed by atoms with E-state index in [0.29, 0.717) is 11.6 Å². The van der Waals surface area contributed by atoms with Crippen LogP contribution in [0.25, 0.3) is 0 Å². The predicted octanol–water partition coefficient (Wildman–Crippen LogP) is 5.09. The monoisotopic (exact) mass is 357 g/mol. The van der Waals surface area contributed by atoms with E-state index in [9.17, 15) is 4.79 Å². The number of amides is 1. The maximum Gasteiger partial charge on any atom is 0.251 e. The highest BCUT2D eigenvalue weighted by atomic mass is 35.5. The van der Waals surface area contributed by atoms with Gasteiger partial charge in [-0.1, -0.05) is 43.5 Å². The Morgan fingerprint density at radius 2 is 1.56 bits per heavy atom. The van der Waals surface area contributed by atoms with Gasteiger partial charge in [-0.2, -0.15) is 0 Å². The minimum absolute atomic E-state index is 0.00835. The highest BCUT2D eigenvalue weighted by molar-refractivity contribution is 6.22. The number of rotatable bonds is 5. The lowest BCUT2D eigenvalue weighted by Gasteiger charge is -2.22. The summed E-state index contributed by atoms with van der Waals surface area (Å²) in [6.45, 7) is 0. The molecule has 1 unspecified atom stereocenters. The summed E-state index contributed by atoms with van der Waals surface area (Å²) in [6.07, 6.45) is 5.87. The number of nitrogens with one attached hydrogen (secondary N) is 1. The van der Waals surface area contributed by atoms with Gasteiger partial charge in [0.2, 0.25) is 0 Å². The fraction of sp³-hybridized carbons (Fsp3) is 0.381. The first-order valence-corrected chi connectivity index (χ1v) is 9.30. The summed E-state index contributed by atoms with van der Waals surface area (Å²) in [6, 6.07) is 15.6. The molecular formula is C21H24ClNO2. The van der Waals surface area contributed by atoms with Gasteiger partial charge in [-0.25, -0.2) is 0 Å². The van der Waals surface area contributed by atoms with Gasteiger partial charge in [0, 0.05) is 11.6 Å². The molecule has 0 aliphatic heterocycles. The molecule has 1 amide bonds. The molecule has 2 aromatic carbocycles. The first-order chi connectivity index (χ1) is 12.2. The highest BCUT2D eigenvalue weighted by Crippen LogP contribution is 2.30. The molecular weight excluding hydrogens is 334 g/mol. The van der Waals surface area contributed by atoms with Gasteiger partial charge in [0.05, 0.1) is 12.5 Å². The Labute approximate surface area is 154 Å². The van der Waals surface area contributed by atoms with Crippen LogP contribution in [0.5, 0.6) is 5.75 Å². The van der Waals surface area contributed by atoms with E-state index < -0.39 is 0 Å². The third-order valence-corrected chi connectivity index (χ3v) is 5.32. The second-order valence-electron chi connectivity index (χ2n) is 6.57. The third kappa shape index (κ3) is 4.55. The van der Waals surface area contributed by atoms with E-state index in [1.165, 1.54) is 19.3 Å². The molecule has 1 atom stereocenters. The standard InChI is InChI=1S/C21H24ClNO2/c1-25-19-13-11-16(12-14-19)20(22)15-7-9-17(10-8-15)21(24)23-18-5-3-2-4-6-18/h7-14,18,20H,2-6H2,1H3,(H,23,24). The van der Waals surface area contributed by atoms with Gasteiger partial charge in [-0.15, -0.1) is 11.6 Å². The molecule has 2 aromatic rings. The molecule has 0 radical (unpaired) electrons. The molecule has 3 nitrogen and oxygen atoms in total. The Morgan fingerprint density at radius 3 is 2.12 bits per heavy atom. The van der Waals surface area contributed by atoms with Crippen LogP contribution in [0.2, 0.25) is 0 Å². The summed E-state index contributed by atoms with van der Waals surface area (Å²) in [7, 11) is 1.64. The van der Waals surface area contributed by atoms with Gasteiger partial charge in [0.1, 0.15) is 5.75 Å². The fourth-order valence-electron chi connectivity index (χ4n) is 3.28. The minimum atomic E-state index is -0.249. The zero-order valence-corrected chi connectivity index (χ0v) is 15.3. The molecule has 1 aliphatic carbocycles. The molecule has 0 aromatic heterocycles. The van der Waals surface area contributed by atoms with E-state index in [0.717, 1.165) is 29.7 Å². The van der Waals surface area contributed by atoms with Crippen LogP contribution in [0.3, 0.4) is 0 Å². The van der Waals surface area contributed by atoms with Crippen molar-refractivity contribution >= 4 is 17.5 Å². The maximum atomic E-state index is 12.4. The van der Waals surface area contributed by atoms with Crippen LogP contribution in [-0.4, -0.2) is 19.1 Å². The van der Waals surface area contributed by atoms with Crippen LogP contribution in [0.1, 0.15) is 59.0 Å². The number of carbonyl (C=O) groups is 1. The van der Waals surface area contributed by atoms with Crippen molar-refractivity contribution in [1.29, 1.82) is 0 Å². The number of halogens is 1. The maximum absolute atomic E-state index is 12.4. The van der Waals surface area contributed by atoms with Crippen LogP contribution in [0, 0.1) is 0 Å². The number of ether oxygens (including phenoxy) is 1. The summed E-state index contributed by atoms with van der Waals surface area (Å²) in [5.41, 5.74) is 2.66. The SMILES string of the molecule is COc1ccc(C(Cl)c2ccc(C(=O)NC3CCCCC3)cc2)cc1. The van der Waals surface area contributed by atoms with Gasteiger partial charge in [-0.05, 0) is 48.2 Å². The summed E-state index contributed by atoms with van der Waals surface area (Å²) in [5, 5.41) is 2.89. The molecule has 1 saturated carbocycles. The molecule has 0 saturated heterocycles. The Morgan fingerprint density at radius 1 is 1.00 bits per heavy atom. The van der Waals surface area contributed by atoms with Crippen molar-refractivity contribution in [1.82, 2.24) is 5.32 Å². The number of alkyl halides is 1. The third-order valence-electron chi connectivity index (χ3n) is 4.81. The molecule has 0 spiro atoms. The van der Waals surface area contributed by atoms with Gasteiger partial charge >= 0.3 is 0 Å². The highest BCUT2D eigenvalue weighted by Gasteiger charge is 2.17. The largest absolute Gasteiger partial charge is 0.497 e. The van der Waals surface area contributed by atoms with Crippen molar-refractivity contribution in [3.63, 3.8) is 0 Å². The topological polar surface area (TPSA) is 38.3 Å². The molecule has 0 heterocycles.